The minimum Gasteiger partial charge on any atom is -1.00 e. The molecule has 76 valence electrons. The first-order chi connectivity index (χ1) is 4.50. The zero-order chi connectivity index (χ0) is 8.20. The summed E-state index contributed by atoms with van der Waals surface area (Å²) in [5.74, 6) is -0.833. The molecular formula is C5H11Cl2NO3SZn. The van der Waals surface area contributed by atoms with Crippen molar-refractivity contribution in [3.05, 3.63) is 0 Å². The van der Waals surface area contributed by atoms with Crippen LogP contribution >= 0.6 is 11.8 Å². The van der Waals surface area contributed by atoms with Crippen LogP contribution in [0.15, 0.2) is 0 Å². The Morgan fingerprint density at radius 2 is 1.92 bits per heavy atom. The molecule has 0 unspecified atom stereocenters. The van der Waals surface area contributed by atoms with Gasteiger partial charge in [-0.3, -0.25) is 5.73 Å². The van der Waals surface area contributed by atoms with Crippen molar-refractivity contribution in [2.75, 3.05) is 12.0 Å². The molecule has 4 N–H and O–H groups in total. The summed E-state index contributed by atoms with van der Waals surface area (Å²) in [6.45, 7) is 0. The van der Waals surface area contributed by atoms with Gasteiger partial charge in [0.2, 0.25) is 5.72 Å². The fourth-order valence-electron chi connectivity index (χ4n) is 0.365. The molecule has 0 bridgehead atoms. The SMILES string of the molecule is CSCC[C@@](N)(O)C(=O)O.[Cl-].[Cl-].[Zn+2]. The van der Waals surface area contributed by atoms with Crippen LogP contribution in [0.1, 0.15) is 6.42 Å². The summed E-state index contributed by atoms with van der Waals surface area (Å²) in [5, 5.41) is 17.2. The van der Waals surface area contributed by atoms with Crippen LogP contribution in [0.4, 0.5) is 0 Å². The molecule has 0 aromatic carbocycles. The summed E-state index contributed by atoms with van der Waals surface area (Å²) in [7, 11) is 0. The van der Waals surface area contributed by atoms with E-state index in [9.17, 15) is 4.79 Å². The smallest absolute Gasteiger partial charge is 1.00 e. The average Bonchev–Trinajstić information content (AvgIpc) is 1.84. The van der Waals surface area contributed by atoms with Crippen molar-refractivity contribution in [3.63, 3.8) is 0 Å². The molecule has 0 aliphatic heterocycles. The number of carboxylic acid groups (broad SMARTS) is 1. The van der Waals surface area contributed by atoms with Gasteiger partial charge in [-0.15, -0.1) is 0 Å². The van der Waals surface area contributed by atoms with Gasteiger partial charge in [0.05, 0.1) is 0 Å². The predicted octanol–water partition coefficient (Wildman–Crippen LogP) is -6.52. The summed E-state index contributed by atoms with van der Waals surface area (Å²) in [5.41, 5.74) is 2.94. The predicted molar refractivity (Wildman–Crippen MR) is 39.8 cm³/mol. The third kappa shape index (κ3) is 10.9. The second kappa shape index (κ2) is 11.0. The molecule has 0 rings (SSSR count). The topological polar surface area (TPSA) is 83.5 Å². The maximum absolute atomic E-state index is 10.1. The van der Waals surface area contributed by atoms with Crippen LogP contribution in [0, 0.1) is 0 Å². The molecule has 0 aromatic rings. The molecule has 0 saturated heterocycles. The molecule has 0 aliphatic rings. The summed E-state index contributed by atoms with van der Waals surface area (Å²) in [6.07, 6.45) is 1.89. The van der Waals surface area contributed by atoms with Crippen LogP contribution < -0.4 is 30.5 Å². The van der Waals surface area contributed by atoms with Crippen molar-refractivity contribution in [1.29, 1.82) is 0 Å². The summed E-state index contributed by atoms with van der Waals surface area (Å²) >= 11 is 1.44. The number of thioether (sulfide) groups is 1. The third-order valence-electron chi connectivity index (χ3n) is 1.06. The Balaban J connectivity index is -0.000000135. The minimum atomic E-state index is -2.05. The Bertz CT molecular complexity index is 139. The van der Waals surface area contributed by atoms with Crippen molar-refractivity contribution >= 4 is 17.7 Å². The van der Waals surface area contributed by atoms with Crippen LogP contribution in [-0.4, -0.2) is 33.9 Å². The first-order valence-corrected chi connectivity index (χ1v) is 4.13. The van der Waals surface area contributed by atoms with E-state index in [2.05, 4.69) is 0 Å². The third-order valence-corrected chi connectivity index (χ3v) is 1.67. The molecule has 0 heterocycles. The van der Waals surface area contributed by atoms with Gasteiger partial charge < -0.3 is 35.0 Å². The zero-order valence-corrected chi connectivity index (χ0v) is 12.5. The van der Waals surface area contributed by atoms with Gasteiger partial charge in [-0.2, -0.15) is 11.8 Å². The molecule has 0 fully saturated rings. The molecule has 8 heteroatoms. The summed E-state index contributed by atoms with van der Waals surface area (Å²) in [4.78, 5) is 10.1. The van der Waals surface area contributed by atoms with E-state index in [1.54, 1.807) is 0 Å². The number of carboxylic acids is 1. The summed E-state index contributed by atoms with van der Waals surface area (Å²) in [6, 6.07) is 0. The molecule has 1 atom stereocenters. The zero-order valence-electron chi connectivity index (χ0n) is 7.17. The van der Waals surface area contributed by atoms with Gasteiger partial charge in [0.1, 0.15) is 0 Å². The van der Waals surface area contributed by atoms with Gasteiger partial charge >= 0.3 is 25.4 Å². The molecule has 0 saturated carbocycles. The number of nitrogens with two attached hydrogens (primary N) is 1. The van der Waals surface area contributed by atoms with E-state index in [-0.39, 0.29) is 50.7 Å². The van der Waals surface area contributed by atoms with E-state index in [0.717, 1.165) is 0 Å². The maximum atomic E-state index is 10.1. The van der Waals surface area contributed by atoms with Crippen molar-refractivity contribution in [3.8, 4) is 0 Å². The number of aliphatic carboxylic acids is 1. The normalized spacial score (nSPS) is 12.5. The van der Waals surface area contributed by atoms with E-state index < -0.39 is 11.7 Å². The van der Waals surface area contributed by atoms with Crippen molar-refractivity contribution in [2.24, 2.45) is 5.73 Å². The Labute approximate surface area is 107 Å². The van der Waals surface area contributed by atoms with E-state index >= 15 is 0 Å². The molecule has 0 amide bonds. The molecule has 0 aliphatic carbocycles. The van der Waals surface area contributed by atoms with E-state index in [1.165, 1.54) is 11.8 Å². The Hall–Kier alpha value is 0.943. The second-order valence-electron chi connectivity index (χ2n) is 1.97. The molecule has 13 heavy (non-hydrogen) atoms. The summed E-state index contributed by atoms with van der Waals surface area (Å²) < 4.78 is 0. The van der Waals surface area contributed by atoms with Crippen LogP contribution in [0.3, 0.4) is 0 Å². The fourth-order valence-corrected chi connectivity index (χ4v) is 0.880. The molecule has 0 radical (unpaired) electrons. The van der Waals surface area contributed by atoms with Gasteiger partial charge in [-0.25, -0.2) is 4.79 Å². The van der Waals surface area contributed by atoms with Gasteiger partial charge in [0.25, 0.3) is 0 Å². The standard InChI is InChI=1S/C5H11NO3S.2ClH.Zn/c1-10-3-2-5(6,9)4(7)8;;;/h9H,2-3,6H2,1H3,(H,7,8);2*1H;/q;;;+2/p-2/t5-;;;/m1.../s1. The average molecular weight is 302 g/mol. The van der Waals surface area contributed by atoms with Crippen LogP contribution in [-0.2, 0) is 24.3 Å². The molecule has 0 aromatic heterocycles. The molecular weight excluding hydrogens is 290 g/mol. The number of hydrogen-bond donors (Lipinski definition) is 3. The van der Waals surface area contributed by atoms with Crippen molar-refractivity contribution < 1.29 is 59.3 Å². The number of carbonyl (C=O) groups is 1. The van der Waals surface area contributed by atoms with E-state index in [4.69, 9.17) is 15.9 Å². The Kier molecular flexibility index (Phi) is 20.0. The molecule has 0 spiro atoms. The monoisotopic (exact) mass is 299 g/mol. The van der Waals surface area contributed by atoms with Gasteiger partial charge in [-0.05, 0) is 12.0 Å². The maximum Gasteiger partial charge on any atom is 2.00 e. The second-order valence-corrected chi connectivity index (χ2v) is 2.96. The van der Waals surface area contributed by atoms with Gasteiger partial charge in [0.15, 0.2) is 0 Å². The number of halogens is 2. The quantitative estimate of drug-likeness (QED) is 0.355. The van der Waals surface area contributed by atoms with Gasteiger partial charge in [0, 0.05) is 6.42 Å². The van der Waals surface area contributed by atoms with Crippen LogP contribution in [0.25, 0.3) is 0 Å². The van der Waals surface area contributed by atoms with Crippen molar-refractivity contribution in [2.45, 2.75) is 12.1 Å². The first-order valence-electron chi connectivity index (χ1n) is 2.74. The Morgan fingerprint density at radius 1 is 1.54 bits per heavy atom. The largest absolute Gasteiger partial charge is 2.00 e. The number of aliphatic hydroxyl groups is 1. The Morgan fingerprint density at radius 3 is 2.15 bits per heavy atom. The minimum absolute atomic E-state index is 0. The number of hydrogen-bond acceptors (Lipinski definition) is 4. The molecule has 4 nitrogen and oxygen atoms in total. The first kappa shape index (κ1) is 23.6. The van der Waals surface area contributed by atoms with Crippen LogP contribution in [0.5, 0.6) is 0 Å². The van der Waals surface area contributed by atoms with E-state index in [0.29, 0.717) is 5.75 Å². The van der Waals surface area contributed by atoms with Crippen molar-refractivity contribution in [1.82, 2.24) is 0 Å². The van der Waals surface area contributed by atoms with Crippen LogP contribution in [0.2, 0.25) is 0 Å². The fraction of sp³-hybridized carbons (Fsp3) is 0.800. The van der Waals surface area contributed by atoms with E-state index in [1.807, 2.05) is 6.26 Å². The van der Waals surface area contributed by atoms with Gasteiger partial charge in [-0.1, -0.05) is 0 Å². The number of rotatable bonds is 4.